The number of nitrogens with zero attached hydrogens (tertiary/aromatic N) is 1. The number of ether oxygens (including phenoxy) is 1. The van der Waals surface area contributed by atoms with Gasteiger partial charge in [-0.2, -0.15) is 0 Å². The number of hydrogen-bond donors (Lipinski definition) is 1. The van der Waals surface area contributed by atoms with Crippen LogP contribution in [0.1, 0.15) is 25.1 Å². The van der Waals surface area contributed by atoms with Crippen molar-refractivity contribution in [3.05, 3.63) is 29.8 Å². The van der Waals surface area contributed by atoms with Gasteiger partial charge in [0.2, 0.25) is 5.91 Å². The molecule has 6 heteroatoms. The lowest BCUT2D eigenvalue weighted by molar-refractivity contribution is -0.128. The van der Waals surface area contributed by atoms with Crippen LogP contribution in [-0.2, 0) is 15.6 Å². The molecule has 1 amide bonds. The maximum Gasteiger partial charge on any atom is 0.238 e. The van der Waals surface area contributed by atoms with Crippen molar-refractivity contribution < 1.29 is 13.7 Å². The van der Waals surface area contributed by atoms with Crippen molar-refractivity contribution in [2.24, 2.45) is 0 Å². The first-order valence-electron chi connectivity index (χ1n) is 7.17. The van der Waals surface area contributed by atoms with Crippen molar-refractivity contribution in [3.63, 3.8) is 0 Å². The molecule has 21 heavy (non-hydrogen) atoms. The highest BCUT2D eigenvalue weighted by molar-refractivity contribution is 7.84. The minimum absolute atomic E-state index is 0.0933. The molecule has 1 heterocycles. The van der Waals surface area contributed by atoms with E-state index >= 15 is 0 Å². The van der Waals surface area contributed by atoms with Crippen LogP contribution in [0.2, 0.25) is 0 Å². The summed E-state index contributed by atoms with van der Waals surface area (Å²) in [6, 6.07) is 7.80. The van der Waals surface area contributed by atoms with Gasteiger partial charge >= 0.3 is 0 Å². The van der Waals surface area contributed by atoms with E-state index in [4.69, 9.17) is 4.74 Å². The van der Waals surface area contributed by atoms with Crippen molar-refractivity contribution in [1.29, 1.82) is 0 Å². The molecule has 2 rings (SSSR count). The van der Waals surface area contributed by atoms with E-state index in [9.17, 15) is 9.00 Å². The normalized spacial score (nSPS) is 19.8. The second kappa shape index (κ2) is 7.56. The van der Waals surface area contributed by atoms with E-state index in [0.717, 1.165) is 17.7 Å². The fourth-order valence-corrected chi connectivity index (χ4v) is 2.98. The number of hydrogen-bond acceptors (Lipinski definition) is 4. The maximum absolute atomic E-state index is 12.0. The molecule has 0 saturated carbocycles. The Hall–Kier alpha value is -1.40. The number of carbonyl (C=O) groups excluding carboxylic acids is 1. The van der Waals surface area contributed by atoms with E-state index in [-0.39, 0.29) is 12.1 Å². The Morgan fingerprint density at radius 2 is 2.10 bits per heavy atom. The highest BCUT2D eigenvalue weighted by atomic mass is 32.2. The summed E-state index contributed by atoms with van der Waals surface area (Å²) in [5, 5.41) is 3.22. The van der Waals surface area contributed by atoms with Crippen LogP contribution in [0.4, 0.5) is 0 Å². The van der Waals surface area contributed by atoms with Crippen LogP contribution in [-0.4, -0.2) is 46.7 Å². The molecule has 0 bridgehead atoms. The van der Waals surface area contributed by atoms with Gasteiger partial charge in [-0.25, -0.2) is 0 Å². The summed E-state index contributed by atoms with van der Waals surface area (Å²) in [5.41, 5.74) is 1.04. The largest absolute Gasteiger partial charge is 0.494 e. The first kappa shape index (κ1) is 16.0. The van der Waals surface area contributed by atoms with Crippen molar-refractivity contribution in [3.8, 4) is 5.75 Å². The van der Waals surface area contributed by atoms with Crippen molar-refractivity contribution in [2.45, 2.75) is 19.5 Å². The molecule has 1 aliphatic heterocycles. The molecule has 1 aromatic carbocycles. The lowest BCUT2D eigenvalue weighted by Gasteiger charge is -2.24. The molecule has 1 fully saturated rings. The maximum atomic E-state index is 12.0. The first-order chi connectivity index (χ1) is 10.1. The molecular formula is C15H22N2O3S. The van der Waals surface area contributed by atoms with E-state index < -0.39 is 10.8 Å². The van der Waals surface area contributed by atoms with Crippen LogP contribution >= 0.6 is 0 Å². The standard InChI is InChI=1S/C15H22N2O3S/c1-3-20-13-7-5-12(6-8-13)15-16-11-14(18)17(15)9-4-10-21(2)19/h5-8,15-16H,3-4,9-11H2,1-2H3. The zero-order valence-electron chi connectivity index (χ0n) is 12.5. The van der Waals surface area contributed by atoms with Gasteiger partial charge in [-0.3, -0.25) is 14.3 Å². The average molecular weight is 310 g/mol. The number of nitrogens with one attached hydrogen (secondary N) is 1. The highest BCUT2D eigenvalue weighted by Gasteiger charge is 2.30. The summed E-state index contributed by atoms with van der Waals surface area (Å²) in [6.07, 6.45) is 2.34. The van der Waals surface area contributed by atoms with Gasteiger partial charge in [0.05, 0.1) is 13.2 Å². The molecule has 2 atom stereocenters. The molecular weight excluding hydrogens is 288 g/mol. The molecule has 1 saturated heterocycles. The van der Waals surface area contributed by atoms with Gasteiger partial charge in [0.1, 0.15) is 11.9 Å². The fourth-order valence-electron chi connectivity index (χ4n) is 2.44. The van der Waals surface area contributed by atoms with Crippen LogP contribution in [0.3, 0.4) is 0 Å². The molecule has 1 N–H and O–H groups in total. The Morgan fingerprint density at radius 3 is 2.71 bits per heavy atom. The number of amides is 1. The quantitative estimate of drug-likeness (QED) is 0.824. The van der Waals surface area contributed by atoms with Crippen LogP contribution in [0.5, 0.6) is 5.75 Å². The van der Waals surface area contributed by atoms with Gasteiger partial charge in [-0.05, 0) is 31.0 Å². The molecule has 2 unspecified atom stereocenters. The van der Waals surface area contributed by atoms with Gasteiger partial charge in [-0.15, -0.1) is 0 Å². The lowest BCUT2D eigenvalue weighted by atomic mass is 10.1. The van der Waals surface area contributed by atoms with E-state index in [0.29, 0.717) is 25.4 Å². The second-order valence-electron chi connectivity index (χ2n) is 5.00. The predicted molar refractivity (Wildman–Crippen MR) is 83.6 cm³/mol. The summed E-state index contributed by atoms with van der Waals surface area (Å²) in [7, 11) is -0.813. The summed E-state index contributed by atoms with van der Waals surface area (Å²) < 4.78 is 16.6. The zero-order chi connectivity index (χ0) is 15.2. The molecule has 1 aromatic rings. The van der Waals surface area contributed by atoms with Crippen LogP contribution < -0.4 is 10.1 Å². The fraction of sp³-hybridized carbons (Fsp3) is 0.533. The van der Waals surface area contributed by atoms with E-state index in [2.05, 4.69) is 5.32 Å². The Labute approximate surface area is 128 Å². The monoisotopic (exact) mass is 310 g/mol. The smallest absolute Gasteiger partial charge is 0.238 e. The Kier molecular flexibility index (Phi) is 5.76. The van der Waals surface area contributed by atoms with Gasteiger partial charge in [0.25, 0.3) is 0 Å². The summed E-state index contributed by atoms with van der Waals surface area (Å²) in [6.45, 7) is 3.57. The molecule has 5 nitrogen and oxygen atoms in total. The minimum Gasteiger partial charge on any atom is -0.494 e. The molecule has 0 spiro atoms. The third-order valence-electron chi connectivity index (χ3n) is 3.42. The number of carbonyl (C=O) groups is 1. The molecule has 1 aliphatic rings. The lowest BCUT2D eigenvalue weighted by Crippen LogP contribution is -2.31. The van der Waals surface area contributed by atoms with Crippen molar-refractivity contribution in [1.82, 2.24) is 10.2 Å². The van der Waals surface area contributed by atoms with E-state index in [1.807, 2.05) is 36.1 Å². The predicted octanol–water partition coefficient (Wildman–Crippen LogP) is 1.28. The van der Waals surface area contributed by atoms with Gasteiger partial charge in [-0.1, -0.05) is 12.1 Å². The molecule has 0 aromatic heterocycles. The Bertz CT molecular complexity index is 504. The summed E-state index contributed by atoms with van der Waals surface area (Å²) in [4.78, 5) is 13.8. The van der Waals surface area contributed by atoms with Gasteiger partial charge in [0, 0.05) is 29.4 Å². The van der Waals surface area contributed by atoms with Crippen molar-refractivity contribution >= 4 is 16.7 Å². The topological polar surface area (TPSA) is 58.6 Å². The van der Waals surface area contributed by atoms with E-state index in [1.165, 1.54) is 0 Å². The Balaban J connectivity index is 2.02. The molecule has 0 aliphatic carbocycles. The van der Waals surface area contributed by atoms with Gasteiger partial charge in [0.15, 0.2) is 0 Å². The third kappa shape index (κ3) is 4.28. The van der Waals surface area contributed by atoms with Crippen LogP contribution in [0.25, 0.3) is 0 Å². The van der Waals surface area contributed by atoms with Crippen LogP contribution in [0.15, 0.2) is 24.3 Å². The zero-order valence-corrected chi connectivity index (χ0v) is 13.3. The Morgan fingerprint density at radius 1 is 1.38 bits per heavy atom. The van der Waals surface area contributed by atoms with Crippen LogP contribution in [0, 0.1) is 0 Å². The summed E-state index contributed by atoms with van der Waals surface area (Å²) in [5.74, 6) is 1.55. The third-order valence-corrected chi connectivity index (χ3v) is 4.28. The first-order valence-corrected chi connectivity index (χ1v) is 8.90. The number of benzene rings is 1. The average Bonchev–Trinajstić information content (AvgIpc) is 2.81. The van der Waals surface area contributed by atoms with Gasteiger partial charge < -0.3 is 9.64 Å². The molecule has 116 valence electrons. The SMILES string of the molecule is CCOc1ccc(C2NCC(=O)N2CCCS(C)=O)cc1. The van der Waals surface area contributed by atoms with E-state index in [1.54, 1.807) is 6.26 Å². The molecule has 0 radical (unpaired) electrons. The minimum atomic E-state index is -0.813. The summed E-state index contributed by atoms with van der Waals surface area (Å²) >= 11 is 0. The highest BCUT2D eigenvalue weighted by Crippen LogP contribution is 2.24. The number of rotatable bonds is 7. The second-order valence-corrected chi connectivity index (χ2v) is 6.56. The van der Waals surface area contributed by atoms with Crippen molar-refractivity contribution in [2.75, 3.05) is 31.7 Å².